The van der Waals surface area contributed by atoms with Gasteiger partial charge in [0.05, 0.1) is 0 Å². The number of nitrogens with one attached hydrogen (secondary N) is 1. The Morgan fingerprint density at radius 1 is 1.05 bits per heavy atom. The topological polar surface area (TPSA) is 49.4 Å². The largest absolute Gasteiger partial charge is 0.352 e. The lowest BCUT2D eigenvalue weighted by Crippen LogP contribution is -2.30. The Balaban J connectivity index is 1.99. The van der Waals surface area contributed by atoms with Gasteiger partial charge in [0.1, 0.15) is 0 Å². The molecule has 0 unspecified atom stereocenters. The highest BCUT2D eigenvalue weighted by molar-refractivity contribution is 5.98. The first-order valence-electron chi connectivity index (χ1n) is 6.55. The van der Waals surface area contributed by atoms with Gasteiger partial charge < -0.3 is 10.2 Å². The van der Waals surface area contributed by atoms with Gasteiger partial charge in [-0.15, -0.1) is 0 Å². The number of amides is 2. The fraction of sp³-hybridized carbons (Fsp3) is 0.250. The lowest BCUT2D eigenvalue weighted by Gasteiger charge is -2.10. The molecule has 0 bridgehead atoms. The lowest BCUT2D eigenvalue weighted by atomic mass is 10.1. The van der Waals surface area contributed by atoms with Gasteiger partial charge in [0.2, 0.25) is 5.91 Å². The highest BCUT2D eigenvalue weighted by Crippen LogP contribution is 2.15. The molecule has 0 heterocycles. The van der Waals surface area contributed by atoms with Crippen molar-refractivity contribution in [3.8, 4) is 0 Å². The van der Waals surface area contributed by atoms with Crippen molar-refractivity contribution in [3.05, 3.63) is 48.0 Å². The van der Waals surface area contributed by atoms with Gasteiger partial charge in [-0.1, -0.05) is 30.3 Å². The zero-order valence-electron chi connectivity index (χ0n) is 11.7. The van der Waals surface area contributed by atoms with E-state index in [1.807, 2.05) is 36.4 Å². The molecule has 0 saturated heterocycles. The minimum Gasteiger partial charge on any atom is -0.352 e. The summed E-state index contributed by atoms with van der Waals surface area (Å²) in [5.74, 6) is -0.147. The minimum atomic E-state index is -0.151. The van der Waals surface area contributed by atoms with Gasteiger partial charge in [-0.2, -0.15) is 0 Å². The van der Waals surface area contributed by atoms with Crippen molar-refractivity contribution in [2.75, 3.05) is 20.6 Å². The van der Waals surface area contributed by atoms with Crippen molar-refractivity contribution in [1.82, 2.24) is 10.2 Å². The van der Waals surface area contributed by atoms with Crippen LogP contribution in [0.1, 0.15) is 16.8 Å². The quantitative estimate of drug-likeness (QED) is 0.924. The number of hydrogen-bond donors (Lipinski definition) is 1. The maximum atomic E-state index is 12.0. The molecule has 0 fully saturated rings. The molecular formula is C16H18N2O2. The molecule has 0 aliphatic heterocycles. The maximum absolute atomic E-state index is 12.0. The molecule has 0 aliphatic carbocycles. The fourth-order valence-electron chi connectivity index (χ4n) is 1.94. The van der Waals surface area contributed by atoms with Crippen molar-refractivity contribution >= 4 is 22.6 Å². The summed E-state index contributed by atoms with van der Waals surface area (Å²) >= 11 is 0. The third kappa shape index (κ3) is 3.35. The summed E-state index contributed by atoms with van der Waals surface area (Å²) in [6.45, 7) is 0.350. The van der Waals surface area contributed by atoms with Crippen LogP contribution < -0.4 is 5.32 Å². The van der Waals surface area contributed by atoms with Crippen LogP contribution in [0.15, 0.2) is 42.5 Å². The lowest BCUT2D eigenvalue weighted by molar-refractivity contribution is -0.128. The minimum absolute atomic E-state index is 0.00353. The highest BCUT2D eigenvalue weighted by atomic mass is 16.2. The molecule has 4 nitrogen and oxygen atoms in total. The van der Waals surface area contributed by atoms with Crippen LogP contribution in [-0.4, -0.2) is 37.4 Å². The molecule has 4 heteroatoms. The third-order valence-electron chi connectivity index (χ3n) is 3.13. The van der Waals surface area contributed by atoms with Gasteiger partial charge in [0, 0.05) is 32.6 Å². The van der Waals surface area contributed by atoms with Crippen LogP contribution in [0.25, 0.3) is 10.8 Å². The van der Waals surface area contributed by atoms with Gasteiger partial charge in [-0.25, -0.2) is 0 Å². The Morgan fingerprint density at radius 2 is 1.75 bits per heavy atom. The van der Waals surface area contributed by atoms with E-state index in [9.17, 15) is 9.59 Å². The third-order valence-corrected chi connectivity index (χ3v) is 3.13. The maximum Gasteiger partial charge on any atom is 0.251 e. The average Bonchev–Trinajstić information content (AvgIpc) is 2.46. The van der Waals surface area contributed by atoms with Gasteiger partial charge in [0.15, 0.2) is 0 Å². The molecule has 2 amide bonds. The van der Waals surface area contributed by atoms with Gasteiger partial charge >= 0.3 is 0 Å². The van der Waals surface area contributed by atoms with E-state index in [1.54, 1.807) is 20.2 Å². The first-order valence-corrected chi connectivity index (χ1v) is 6.55. The molecule has 0 atom stereocenters. The Hall–Kier alpha value is -2.36. The summed E-state index contributed by atoms with van der Waals surface area (Å²) in [5, 5.41) is 4.90. The second-order valence-corrected chi connectivity index (χ2v) is 4.86. The molecule has 2 aromatic rings. The van der Waals surface area contributed by atoms with E-state index in [0.717, 1.165) is 10.8 Å². The SMILES string of the molecule is CN(C)C(=O)CCNC(=O)c1ccc2ccccc2c1. The van der Waals surface area contributed by atoms with Crippen molar-refractivity contribution < 1.29 is 9.59 Å². The predicted octanol–water partition coefficient (Wildman–Crippen LogP) is 2.05. The van der Waals surface area contributed by atoms with Crippen LogP contribution in [0.5, 0.6) is 0 Å². The second-order valence-electron chi connectivity index (χ2n) is 4.86. The van der Waals surface area contributed by atoms with Crippen molar-refractivity contribution in [1.29, 1.82) is 0 Å². The molecule has 104 valence electrons. The second kappa shape index (κ2) is 6.19. The van der Waals surface area contributed by atoms with Crippen LogP contribution in [0, 0.1) is 0 Å². The summed E-state index contributed by atoms with van der Waals surface area (Å²) in [6, 6.07) is 13.5. The van der Waals surface area contributed by atoms with Crippen LogP contribution in [0.2, 0.25) is 0 Å². The zero-order chi connectivity index (χ0) is 14.5. The Kier molecular flexibility index (Phi) is 4.35. The summed E-state index contributed by atoms with van der Waals surface area (Å²) < 4.78 is 0. The van der Waals surface area contributed by atoms with E-state index in [-0.39, 0.29) is 11.8 Å². The number of benzene rings is 2. The van der Waals surface area contributed by atoms with E-state index < -0.39 is 0 Å². The normalized spacial score (nSPS) is 10.3. The highest BCUT2D eigenvalue weighted by Gasteiger charge is 2.08. The number of hydrogen-bond acceptors (Lipinski definition) is 2. The van der Waals surface area contributed by atoms with Crippen LogP contribution in [0.3, 0.4) is 0 Å². The number of carbonyl (C=O) groups excluding carboxylic acids is 2. The molecule has 0 radical (unpaired) electrons. The molecule has 0 aliphatic rings. The monoisotopic (exact) mass is 270 g/mol. The van der Waals surface area contributed by atoms with E-state index in [0.29, 0.717) is 18.5 Å². The van der Waals surface area contributed by atoms with Gasteiger partial charge in [-0.3, -0.25) is 9.59 Å². The smallest absolute Gasteiger partial charge is 0.251 e. The Labute approximate surface area is 118 Å². The van der Waals surface area contributed by atoms with E-state index in [1.165, 1.54) is 4.90 Å². The molecule has 2 rings (SSSR count). The summed E-state index contributed by atoms with van der Waals surface area (Å²) in [7, 11) is 3.40. The molecule has 0 saturated carbocycles. The molecule has 0 spiro atoms. The molecule has 2 aromatic carbocycles. The predicted molar refractivity (Wildman–Crippen MR) is 79.6 cm³/mol. The standard InChI is InChI=1S/C16H18N2O2/c1-18(2)15(19)9-10-17-16(20)14-8-7-12-5-3-4-6-13(12)11-14/h3-8,11H,9-10H2,1-2H3,(H,17,20). The van der Waals surface area contributed by atoms with Crippen LogP contribution in [-0.2, 0) is 4.79 Å². The van der Waals surface area contributed by atoms with Gasteiger partial charge in [-0.05, 0) is 22.9 Å². The van der Waals surface area contributed by atoms with Crippen molar-refractivity contribution in [2.45, 2.75) is 6.42 Å². The Morgan fingerprint density at radius 3 is 2.45 bits per heavy atom. The van der Waals surface area contributed by atoms with Crippen LogP contribution >= 0.6 is 0 Å². The average molecular weight is 270 g/mol. The Bertz CT molecular complexity index is 635. The summed E-state index contributed by atoms with van der Waals surface area (Å²) in [4.78, 5) is 24.9. The summed E-state index contributed by atoms with van der Waals surface area (Å²) in [6.07, 6.45) is 0.312. The number of nitrogens with zero attached hydrogens (tertiary/aromatic N) is 1. The zero-order valence-corrected chi connectivity index (χ0v) is 11.7. The van der Waals surface area contributed by atoms with E-state index in [4.69, 9.17) is 0 Å². The number of rotatable bonds is 4. The molecule has 0 aromatic heterocycles. The van der Waals surface area contributed by atoms with E-state index >= 15 is 0 Å². The number of carbonyl (C=O) groups is 2. The molecule has 20 heavy (non-hydrogen) atoms. The molecular weight excluding hydrogens is 252 g/mol. The van der Waals surface area contributed by atoms with E-state index in [2.05, 4.69) is 5.32 Å². The number of fused-ring (bicyclic) bond motifs is 1. The first kappa shape index (κ1) is 14.1. The van der Waals surface area contributed by atoms with Gasteiger partial charge in [0.25, 0.3) is 5.91 Å². The first-order chi connectivity index (χ1) is 9.58. The fourth-order valence-corrected chi connectivity index (χ4v) is 1.94. The summed E-state index contributed by atoms with van der Waals surface area (Å²) in [5.41, 5.74) is 0.612. The van der Waals surface area contributed by atoms with Crippen molar-refractivity contribution in [3.63, 3.8) is 0 Å². The van der Waals surface area contributed by atoms with Crippen LogP contribution in [0.4, 0.5) is 0 Å². The molecule has 1 N–H and O–H groups in total. The van der Waals surface area contributed by atoms with Crippen molar-refractivity contribution in [2.24, 2.45) is 0 Å².